The molecule has 1 aromatic carbocycles. The third-order valence-electron chi connectivity index (χ3n) is 5.21. The topological polar surface area (TPSA) is 76.1 Å². The molecule has 0 bridgehead atoms. The molecule has 0 spiro atoms. The lowest BCUT2D eigenvalue weighted by Gasteiger charge is -2.29. The van der Waals surface area contributed by atoms with Crippen LogP contribution in [0.3, 0.4) is 0 Å². The van der Waals surface area contributed by atoms with Gasteiger partial charge in [-0.2, -0.15) is 0 Å². The van der Waals surface area contributed by atoms with Crippen molar-refractivity contribution in [2.24, 2.45) is 5.92 Å². The fraction of sp³-hybridized carbons (Fsp3) is 0.381. The summed E-state index contributed by atoms with van der Waals surface area (Å²) in [6.45, 7) is 2.32. The summed E-state index contributed by atoms with van der Waals surface area (Å²) < 4.78 is 7.01. The molecule has 0 aliphatic heterocycles. The third-order valence-corrected chi connectivity index (χ3v) is 6.16. The summed E-state index contributed by atoms with van der Waals surface area (Å²) in [7, 11) is 1.58. The fourth-order valence-electron chi connectivity index (χ4n) is 3.58. The molecule has 2 heterocycles. The number of thiazole rings is 1. The van der Waals surface area contributed by atoms with Gasteiger partial charge in [-0.3, -0.25) is 9.78 Å². The van der Waals surface area contributed by atoms with Crippen molar-refractivity contribution in [1.29, 1.82) is 0 Å². The highest BCUT2D eigenvalue weighted by molar-refractivity contribution is 7.22. The van der Waals surface area contributed by atoms with Gasteiger partial charge in [0.15, 0.2) is 5.13 Å². The molecule has 0 unspecified atom stereocenters. The Morgan fingerprint density at radius 1 is 1.18 bits per heavy atom. The van der Waals surface area contributed by atoms with Crippen LogP contribution >= 0.6 is 11.3 Å². The van der Waals surface area contributed by atoms with Crippen molar-refractivity contribution in [1.82, 2.24) is 15.3 Å². The maximum Gasteiger partial charge on any atom is 0.269 e. The summed E-state index contributed by atoms with van der Waals surface area (Å²) in [6.07, 6.45) is 6.68. The largest absolute Gasteiger partial charge is 0.457 e. The van der Waals surface area contributed by atoms with Crippen molar-refractivity contribution in [3.05, 3.63) is 42.2 Å². The van der Waals surface area contributed by atoms with Crippen LogP contribution in [-0.4, -0.2) is 29.0 Å². The van der Waals surface area contributed by atoms with E-state index in [4.69, 9.17) is 9.72 Å². The molecule has 1 fully saturated rings. The molecule has 28 heavy (non-hydrogen) atoms. The Kier molecular flexibility index (Phi) is 5.43. The Bertz CT molecular complexity index is 987. The number of pyridine rings is 1. The number of ether oxygens (including phenoxy) is 1. The van der Waals surface area contributed by atoms with E-state index in [0.29, 0.717) is 29.2 Å². The van der Waals surface area contributed by atoms with E-state index in [1.54, 1.807) is 36.7 Å². The second-order valence-electron chi connectivity index (χ2n) is 7.22. The van der Waals surface area contributed by atoms with Gasteiger partial charge in [0.1, 0.15) is 17.2 Å². The summed E-state index contributed by atoms with van der Waals surface area (Å²) in [5.74, 6) is 1.73. The van der Waals surface area contributed by atoms with Crippen LogP contribution in [0.1, 0.15) is 43.1 Å². The van der Waals surface area contributed by atoms with Crippen LogP contribution in [0.15, 0.2) is 36.5 Å². The van der Waals surface area contributed by atoms with E-state index >= 15 is 0 Å². The zero-order valence-electron chi connectivity index (χ0n) is 16.1. The summed E-state index contributed by atoms with van der Waals surface area (Å²) in [5.41, 5.74) is 1.29. The van der Waals surface area contributed by atoms with Crippen LogP contribution in [0.2, 0.25) is 0 Å². The molecule has 3 aromatic rings. The van der Waals surface area contributed by atoms with E-state index in [2.05, 4.69) is 22.5 Å². The van der Waals surface area contributed by atoms with Crippen molar-refractivity contribution in [2.45, 2.75) is 38.6 Å². The first kappa shape index (κ1) is 18.7. The van der Waals surface area contributed by atoms with Gasteiger partial charge in [-0.1, -0.05) is 31.1 Å². The lowest BCUT2D eigenvalue weighted by molar-refractivity contribution is 0.0958. The monoisotopic (exact) mass is 396 g/mol. The van der Waals surface area contributed by atoms with Gasteiger partial charge < -0.3 is 15.4 Å². The maximum atomic E-state index is 11.7. The lowest BCUT2D eigenvalue weighted by atomic mass is 9.86. The normalized spacial score (nSPS) is 19.4. The SMILES string of the molecule is CNC(=O)c1cc(Oc2ccc3nc(N[C@@H]4CCCC[C@H]4C)sc3c2)ccn1. The first-order chi connectivity index (χ1) is 13.6. The zero-order chi connectivity index (χ0) is 19.5. The fourth-order valence-corrected chi connectivity index (χ4v) is 4.54. The Hall–Kier alpha value is -2.67. The number of anilines is 1. The molecule has 2 N–H and O–H groups in total. The number of hydrogen-bond acceptors (Lipinski definition) is 6. The molecule has 0 saturated heterocycles. The van der Waals surface area contributed by atoms with Gasteiger partial charge in [-0.15, -0.1) is 0 Å². The van der Waals surface area contributed by atoms with Crippen LogP contribution in [0.25, 0.3) is 10.2 Å². The number of carbonyl (C=O) groups is 1. The maximum absolute atomic E-state index is 11.7. The van der Waals surface area contributed by atoms with Crippen LogP contribution in [0, 0.1) is 5.92 Å². The van der Waals surface area contributed by atoms with Gasteiger partial charge in [0.25, 0.3) is 5.91 Å². The highest BCUT2D eigenvalue weighted by atomic mass is 32.1. The first-order valence-corrected chi connectivity index (χ1v) is 10.5. The van der Waals surface area contributed by atoms with E-state index in [1.807, 2.05) is 18.2 Å². The highest BCUT2D eigenvalue weighted by Gasteiger charge is 2.22. The Morgan fingerprint density at radius 2 is 2.00 bits per heavy atom. The quantitative estimate of drug-likeness (QED) is 0.646. The van der Waals surface area contributed by atoms with Crippen molar-refractivity contribution in [3.63, 3.8) is 0 Å². The second-order valence-corrected chi connectivity index (χ2v) is 8.25. The first-order valence-electron chi connectivity index (χ1n) is 9.65. The Morgan fingerprint density at radius 3 is 2.82 bits per heavy atom. The van der Waals surface area contributed by atoms with E-state index in [0.717, 1.165) is 15.3 Å². The van der Waals surface area contributed by atoms with Crippen molar-refractivity contribution in [2.75, 3.05) is 12.4 Å². The smallest absolute Gasteiger partial charge is 0.269 e. The standard InChI is InChI=1S/C21H24N4O2S/c1-13-5-3-4-6-16(13)24-21-25-17-8-7-14(12-19(17)28-21)27-15-9-10-23-18(11-15)20(26)22-2/h7-13,16H,3-6H2,1-2H3,(H,22,26)(H,24,25)/t13-,16-/m1/s1. The van der Waals surface area contributed by atoms with E-state index in [9.17, 15) is 4.79 Å². The summed E-state index contributed by atoms with van der Waals surface area (Å²) in [5, 5.41) is 7.16. The van der Waals surface area contributed by atoms with E-state index in [-0.39, 0.29) is 5.91 Å². The zero-order valence-corrected chi connectivity index (χ0v) is 16.9. The molecule has 6 nitrogen and oxygen atoms in total. The molecule has 146 valence electrons. The number of fused-ring (bicyclic) bond motifs is 1. The van der Waals surface area contributed by atoms with Gasteiger partial charge in [-0.05, 0) is 37.0 Å². The number of amides is 1. The number of nitrogens with zero attached hydrogens (tertiary/aromatic N) is 2. The van der Waals surface area contributed by atoms with Crippen LogP contribution < -0.4 is 15.4 Å². The van der Waals surface area contributed by atoms with E-state index < -0.39 is 0 Å². The predicted octanol–water partition coefficient (Wildman–Crippen LogP) is 4.83. The molecule has 7 heteroatoms. The molecule has 2 aromatic heterocycles. The highest BCUT2D eigenvalue weighted by Crippen LogP contribution is 2.33. The number of nitrogens with one attached hydrogen (secondary N) is 2. The molecule has 1 aliphatic carbocycles. The summed E-state index contributed by atoms with van der Waals surface area (Å²) in [4.78, 5) is 20.5. The molecule has 2 atom stereocenters. The van der Waals surface area contributed by atoms with Crippen LogP contribution in [0.5, 0.6) is 11.5 Å². The minimum atomic E-state index is -0.240. The molecule has 4 rings (SSSR count). The average molecular weight is 397 g/mol. The molecular formula is C21H24N4O2S. The minimum absolute atomic E-state index is 0.240. The molecule has 1 amide bonds. The number of rotatable bonds is 5. The lowest BCUT2D eigenvalue weighted by Crippen LogP contribution is -2.30. The Labute approximate surface area is 168 Å². The Balaban J connectivity index is 1.51. The van der Waals surface area contributed by atoms with Gasteiger partial charge in [0.05, 0.1) is 10.2 Å². The molecule has 1 saturated carbocycles. The van der Waals surface area contributed by atoms with Crippen LogP contribution in [0.4, 0.5) is 5.13 Å². The van der Waals surface area contributed by atoms with Gasteiger partial charge >= 0.3 is 0 Å². The minimum Gasteiger partial charge on any atom is -0.457 e. The number of hydrogen-bond donors (Lipinski definition) is 2. The molecule has 1 aliphatic rings. The van der Waals surface area contributed by atoms with Gasteiger partial charge in [-0.25, -0.2) is 4.98 Å². The van der Waals surface area contributed by atoms with E-state index in [1.165, 1.54) is 25.7 Å². The van der Waals surface area contributed by atoms with Gasteiger partial charge in [0, 0.05) is 31.4 Å². The molecular weight excluding hydrogens is 372 g/mol. The summed E-state index contributed by atoms with van der Waals surface area (Å²) >= 11 is 1.65. The average Bonchev–Trinajstić information content (AvgIpc) is 3.11. The number of aromatic nitrogens is 2. The van der Waals surface area contributed by atoms with Crippen molar-refractivity contribution >= 4 is 32.6 Å². The van der Waals surface area contributed by atoms with Crippen LogP contribution in [-0.2, 0) is 0 Å². The van der Waals surface area contributed by atoms with Crippen molar-refractivity contribution < 1.29 is 9.53 Å². The number of benzene rings is 1. The third kappa shape index (κ3) is 4.09. The molecule has 0 radical (unpaired) electrons. The number of carbonyl (C=O) groups excluding carboxylic acids is 1. The van der Waals surface area contributed by atoms with Crippen molar-refractivity contribution in [3.8, 4) is 11.5 Å². The summed E-state index contributed by atoms with van der Waals surface area (Å²) in [6, 6.07) is 9.73. The predicted molar refractivity (Wildman–Crippen MR) is 112 cm³/mol. The van der Waals surface area contributed by atoms with Gasteiger partial charge in [0.2, 0.25) is 0 Å². The second kappa shape index (κ2) is 8.14.